The molecule has 0 aromatic rings. The third-order valence-corrected chi connectivity index (χ3v) is 4.00. The molecule has 94 valence electrons. The Bertz CT molecular complexity index is 223. The van der Waals surface area contributed by atoms with Crippen LogP contribution in [0.25, 0.3) is 0 Å². The monoisotopic (exact) mass is 228 g/mol. The maximum atomic E-state index is 9.25. The molecule has 3 N–H and O–H groups in total. The summed E-state index contributed by atoms with van der Waals surface area (Å²) in [5.41, 5.74) is 6.05. The van der Waals surface area contributed by atoms with Gasteiger partial charge >= 0.3 is 0 Å². The molecule has 4 nitrogen and oxygen atoms in total. The highest BCUT2D eigenvalue weighted by Gasteiger charge is 2.36. The second kappa shape index (κ2) is 5.00. The van der Waals surface area contributed by atoms with Gasteiger partial charge in [0.05, 0.1) is 12.7 Å². The second-order valence-corrected chi connectivity index (χ2v) is 5.69. The number of ether oxygens (including phenoxy) is 1. The fourth-order valence-electron chi connectivity index (χ4n) is 2.93. The summed E-state index contributed by atoms with van der Waals surface area (Å²) in [6.07, 6.45) is 2.98. The van der Waals surface area contributed by atoms with Crippen molar-refractivity contribution in [3.63, 3.8) is 0 Å². The average molecular weight is 228 g/mol. The molecule has 2 rings (SSSR count). The highest BCUT2D eigenvalue weighted by atomic mass is 16.5. The fraction of sp³-hybridized carbons (Fsp3) is 1.00. The predicted octanol–water partition coefficient (Wildman–Crippen LogP) is 0.0545. The Hall–Kier alpha value is -0.160. The van der Waals surface area contributed by atoms with Gasteiger partial charge in [0, 0.05) is 31.7 Å². The van der Waals surface area contributed by atoms with Crippen molar-refractivity contribution in [3.05, 3.63) is 0 Å². The Morgan fingerprint density at radius 2 is 2.25 bits per heavy atom. The molecule has 0 bridgehead atoms. The summed E-state index contributed by atoms with van der Waals surface area (Å²) in [5.74, 6) is 0.678. The second-order valence-electron chi connectivity index (χ2n) is 5.69. The molecule has 2 aliphatic rings. The normalized spacial score (nSPS) is 39.0. The van der Waals surface area contributed by atoms with Gasteiger partial charge in [0.15, 0.2) is 0 Å². The molecule has 1 aliphatic carbocycles. The summed E-state index contributed by atoms with van der Waals surface area (Å²) in [6, 6.07) is 0. The summed E-state index contributed by atoms with van der Waals surface area (Å²) < 4.78 is 5.47. The Labute approximate surface area is 97.7 Å². The Morgan fingerprint density at radius 3 is 2.75 bits per heavy atom. The van der Waals surface area contributed by atoms with Crippen molar-refractivity contribution in [1.82, 2.24) is 4.90 Å². The minimum atomic E-state index is -0.0447. The molecular formula is C12H24N2O2. The van der Waals surface area contributed by atoms with Crippen molar-refractivity contribution in [3.8, 4) is 0 Å². The lowest BCUT2D eigenvalue weighted by Crippen LogP contribution is -2.45. The summed E-state index contributed by atoms with van der Waals surface area (Å²) in [6.45, 7) is 4.48. The molecule has 1 unspecified atom stereocenters. The van der Waals surface area contributed by atoms with Crippen LogP contribution in [-0.2, 0) is 4.74 Å². The first-order valence-electron chi connectivity index (χ1n) is 6.28. The minimum absolute atomic E-state index is 0.0447. The van der Waals surface area contributed by atoms with E-state index in [4.69, 9.17) is 10.5 Å². The quantitative estimate of drug-likeness (QED) is 0.698. The smallest absolute Gasteiger partial charge is 0.0547 e. The molecule has 0 aromatic heterocycles. The van der Waals surface area contributed by atoms with Crippen LogP contribution in [0, 0.1) is 11.3 Å². The number of aliphatic hydroxyl groups excluding tert-OH is 1. The van der Waals surface area contributed by atoms with Gasteiger partial charge in [-0.1, -0.05) is 0 Å². The van der Waals surface area contributed by atoms with Gasteiger partial charge in [-0.3, -0.25) is 0 Å². The van der Waals surface area contributed by atoms with Crippen LogP contribution < -0.4 is 5.73 Å². The van der Waals surface area contributed by atoms with Crippen molar-refractivity contribution in [2.75, 3.05) is 39.9 Å². The molecular weight excluding hydrogens is 204 g/mol. The third-order valence-electron chi connectivity index (χ3n) is 4.00. The van der Waals surface area contributed by atoms with Crippen LogP contribution in [0.2, 0.25) is 0 Å². The summed E-state index contributed by atoms with van der Waals surface area (Å²) >= 11 is 0. The van der Waals surface area contributed by atoms with Gasteiger partial charge in [-0.25, -0.2) is 0 Å². The van der Waals surface area contributed by atoms with E-state index in [1.54, 1.807) is 0 Å². The summed E-state index contributed by atoms with van der Waals surface area (Å²) in [5, 5.41) is 9.25. The van der Waals surface area contributed by atoms with E-state index >= 15 is 0 Å². The van der Waals surface area contributed by atoms with E-state index in [-0.39, 0.29) is 11.5 Å². The molecule has 1 heterocycles. The van der Waals surface area contributed by atoms with Gasteiger partial charge in [-0.15, -0.1) is 0 Å². The first kappa shape index (κ1) is 12.3. The molecule has 1 atom stereocenters. The minimum Gasteiger partial charge on any atom is -0.393 e. The van der Waals surface area contributed by atoms with Crippen molar-refractivity contribution in [2.45, 2.75) is 25.4 Å². The van der Waals surface area contributed by atoms with Gasteiger partial charge in [0.25, 0.3) is 0 Å². The van der Waals surface area contributed by atoms with Crippen LogP contribution in [0.1, 0.15) is 19.3 Å². The maximum absolute atomic E-state index is 9.25. The van der Waals surface area contributed by atoms with Crippen LogP contribution in [0.15, 0.2) is 0 Å². The Morgan fingerprint density at radius 1 is 1.50 bits per heavy atom. The highest BCUT2D eigenvalue weighted by molar-refractivity contribution is 4.88. The van der Waals surface area contributed by atoms with Crippen LogP contribution in [0.5, 0.6) is 0 Å². The number of rotatable bonds is 5. The number of hydrogen-bond donors (Lipinski definition) is 2. The molecule has 1 saturated heterocycles. The van der Waals surface area contributed by atoms with E-state index < -0.39 is 0 Å². The summed E-state index contributed by atoms with van der Waals surface area (Å²) in [7, 11) is 2.15. The van der Waals surface area contributed by atoms with Gasteiger partial charge in [0.2, 0.25) is 0 Å². The van der Waals surface area contributed by atoms with Crippen molar-refractivity contribution >= 4 is 0 Å². The van der Waals surface area contributed by atoms with E-state index in [0.717, 1.165) is 45.6 Å². The first-order chi connectivity index (χ1) is 7.63. The van der Waals surface area contributed by atoms with Gasteiger partial charge < -0.3 is 20.5 Å². The van der Waals surface area contributed by atoms with E-state index in [1.165, 1.54) is 0 Å². The van der Waals surface area contributed by atoms with Crippen molar-refractivity contribution < 1.29 is 9.84 Å². The molecule has 4 heteroatoms. The topological polar surface area (TPSA) is 58.7 Å². The molecule has 0 spiro atoms. The zero-order valence-corrected chi connectivity index (χ0v) is 10.2. The molecule has 2 fully saturated rings. The van der Waals surface area contributed by atoms with Gasteiger partial charge in [-0.05, 0) is 32.2 Å². The number of aliphatic hydroxyl groups is 1. The lowest BCUT2D eigenvalue weighted by Gasteiger charge is -2.37. The van der Waals surface area contributed by atoms with Gasteiger partial charge in [0.1, 0.15) is 0 Å². The number of hydrogen-bond acceptors (Lipinski definition) is 4. The lowest BCUT2D eigenvalue weighted by molar-refractivity contribution is 0.0211. The molecule has 0 amide bonds. The summed E-state index contributed by atoms with van der Waals surface area (Å²) in [4.78, 5) is 2.36. The predicted molar refractivity (Wildman–Crippen MR) is 63.2 cm³/mol. The number of nitrogens with two attached hydrogens (primary N) is 1. The molecule has 1 aliphatic heterocycles. The van der Waals surface area contributed by atoms with Crippen LogP contribution in [0.4, 0.5) is 0 Å². The van der Waals surface area contributed by atoms with Crippen LogP contribution >= 0.6 is 0 Å². The Kier molecular flexibility index (Phi) is 3.85. The van der Waals surface area contributed by atoms with Gasteiger partial charge in [-0.2, -0.15) is 0 Å². The van der Waals surface area contributed by atoms with Crippen molar-refractivity contribution in [1.29, 1.82) is 0 Å². The Balaban J connectivity index is 1.75. The number of nitrogens with zero attached hydrogens (tertiary/aromatic N) is 1. The zero-order chi connectivity index (χ0) is 11.6. The van der Waals surface area contributed by atoms with E-state index in [2.05, 4.69) is 11.9 Å². The lowest BCUT2D eigenvalue weighted by atomic mass is 9.81. The van der Waals surface area contributed by atoms with E-state index in [1.807, 2.05) is 0 Å². The van der Waals surface area contributed by atoms with Crippen LogP contribution in [0.3, 0.4) is 0 Å². The van der Waals surface area contributed by atoms with Crippen molar-refractivity contribution in [2.24, 2.45) is 17.1 Å². The SMILES string of the molecule is CN(CC1CC(O)C1)CC1(CN)CCOC1. The molecule has 16 heavy (non-hydrogen) atoms. The standard InChI is InChI=1S/C12H24N2O2/c1-14(6-10-4-11(15)5-10)8-12(7-13)2-3-16-9-12/h10-11,15H,2-9,13H2,1H3. The highest BCUT2D eigenvalue weighted by Crippen LogP contribution is 2.31. The fourth-order valence-corrected chi connectivity index (χ4v) is 2.93. The molecule has 0 radical (unpaired) electrons. The average Bonchev–Trinajstić information content (AvgIpc) is 2.65. The third kappa shape index (κ3) is 2.74. The first-order valence-corrected chi connectivity index (χ1v) is 6.28. The zero-order valence-electron chi connectivity index (χ0n) is 10.2. The van der Waals surface area contributed by atoms with Crippen LogP contribution in [-0.4, -0.2) is 56.0 Å². The van der Waals surface area contributed by atoms with E-state index in [9.17, 15) is 5.11 Å². The van der Waals surface area contributed by atoms with E-state index in [0.29, 0.717) is 12.5 Å². The largest absolute Gasteiger partial charge is 0.393 e. The molecule has 1 saturated carbocycles. The maximum Gasteiger partial charge on any atom is 0.0547 e. The molecule has 0 aromatic carbocycles.